The minimum atomic E-state index is -0.00185. The van der Waals surface area contributed by atoms with Crippen LogP contribution < -0.4 is 5.73 Å². The van der Waals surface area contributed by atoms with Crippen LogP contribution in [0.3, 0.4) is 0 Å². The summed E-state index contributed by atoms with van der Waals surface area (Å²) in [7, 11) is 0. The van der Waals surface area contributed by atoms with Crippen LogP contribution in [0.4, 0.5) is 5.69 Å². The van der Waals surface area contributed by atoms with E-state index in [0.717, 1.165) is 0 Å². The summed E-state index contributed by atoms with van der Waals surface area (Å²) in [5, 5.41) is -0.00185. The van der Waals surface area contributed by atoms with Gasteiger partial charge in [0.05, 0.1) is 5.56 Å². The largest absolute Gasteiger partial charge is 0.398 e. The highest BCUT2D eigenvalue weighted by Gasteiger charge is 2.07. The van der Waals surface area contributed by atoms with Crippen molar-refractivity contribution < 1.29 is 4.79 Å². The van der Waals surface area contributed by atoms with Gasteiger partial charge in [-0.1, -0.05) is 30.0 Å². The molecule has 1 aromatic rings. The Labute approximate surface area is 81.8 Å². The highest BCUT2D eigenvalue weighted by Crippen LogP contribution is 2.17. The zero-order valence-corrected chi connectivity index (χ0v) is 8.01. The highest BCUT2D eigenvalue weighted by atomic mass is 32.2. The molecule has 0 unspecified atom stereocenters. The van der Waals surface area contributed by atoms with Gasteiger partial charge in [0.15, 0.2) is 0 Å². The van der Waals surface area contributed by atoms with Crippen LogP contribution >= 0.6 is 11.8 Å². The molecule has 0 bridgehead atoms. The summed E-state index contributed by atoms with van der Waals surface area (Å²) < 4.78 is 0. The molecule has 0 heterocycles. The van der Waals surface area contributed by atoms with Crippen molar-refractivity contribution in [2.24, 2.45) is 0 Å². The fourth-order valence-electron chi connectivity index (χ4n) is 0.895. The summed E-state index contributed by atoms with van der Waals surface area (Å²) in [4.78, 5) is 11.5. The van der Waals surface area contributed by atoms with Crippen molar-refractivity contribution in [2.45, 2.75) is 0 Å². The molecule has 3 heteroatoms. The molecule has 13 heavy (non-hydrogen) atoms. The van der Waals surface area contributed by atoms with E-state index in [1.165, 1.54) is 11.8 Å². The molecule has 0 amide bonds. The fraction of sp³-hybridized carbons (Fsp3) is 0.100. The summed E-state index contributed by atoms with van der Waals surface area (Å²) in [5.74, 6) is 0.618. The van der Waals surface area contributed by atoms with E-state index in [0.29, 0.717) is 17.0 Å². The summed E-state index contributed by atoms with van der Waals surface area (Å²) >= 11 is 1.21. The first-order valence-electron chi connectivity index (χ1n) is 3.88. The Kier molecular flexibility index (Phi) is 3.58. The number of thioether (sulfide) groups is 1. The van der Waals surface area contributed by atoms with E-state index in [9.17, 15) is 4.79 Å². The van der Waals surface area contributed by atoms with Gasteiger partial charge in [-0.15, -0.1) is 6.58 Å². The maximum atomic E-state index is 11.5. The Morgan fingerprint density at radius 1 is 1.54 bits per heavy atom. The first-order valence-corrected chi connectivity index (χ1v) is 4.87. The SMILES string of the molecule is C=CCSC(=O)c1ccccc1N. The molecule has 0 aliphatic rings. The van der Waals surface area contributed by atoms with Crippen molar-refractivity contribution in [3.63, 3.8) is 0 Å². The molecule has 2 nitrogen and oxygen atoms in total. The third-order valence-electron chi connectivity index (χ3n) is 1.51. The first-order chi connectivity index (χ1) is 6.25. The minimum absolute atomic E-state index is 0.00185. The maximum Gasteiger partial charge on any atom is 0.221 e. The van der Waals surface area contributed by atoms with Crippen LogP contribution in [-0.2, 0) is 0 Å². The Balaban J connectivity index is 2.76. The Morgan fingerprint density at radius 3 is 2.85 bits per heavy atom. The molecule has 2 N–H and O–H groups in total. The third-order valence-corrected chi connectivity index (χ3v) is 2.40. The predicted molar refractivity (Wildman–Crippen MR) is 57.8 cm³/mol. The van der Waals surface area contributed by atoms with E-state index in [4.69, 9.17) is 5.73 Å². The summed E-state index contributed by atoms with van der Waals surface area (Å²) in [6.45, 7) is 3.54. The molecular weight excluding hydrogens is 182 g/mol. The quantitative estimate of drug-likeness (QED) is 0.591. The fourth-order valence-corrected chi connectivity index (χ4v) is 1.51. The predicted octanol–water partition coefficient (Wildman–Crippen LogP) is 2.33. The van der Waals surface area contributed by atoms with Gasteiger partial charge < -0.3 is 5.73 Å². The lowest BCUT2D eigenvalue weighted by Crippen LogP contribution is -1.99. The van der Waals surface area contributed by atoms with Crippen molar-refractivity contribution in [1.29, 1.82) is 0 Å². The second-order valence-electron chi connectivity index (χ2n) is 2.47. The second-order valence-corrected chi connectivity index (χ2v) is 3.47. The van der Waals surface area contributed by atoms with E-state index in [1.54, 1.807) is 24.3 Å². The molecule has 0 fully saturated rings. The molecule has 68 valence electrons. The van der Waals surface area contributed by atoms with Crippen molar-refractivity contribution in [2.75, 3.05) is 11.5 Å². The molecule has 1 rings (SSSR count). The lowest BCUT2D eigenvalue weighted by molar-refractivity contribution is 0.109. The number of nitrogen functional groups attached to an aromatic ring is 1. The number of rotatable bonds is 3. The molecule has 0 aliphatic heterocycles. The average molecular weight is 193 g/mol. The number of hydrogen-bond acceptors (Lipinski definition) is 3. The minimum Gasteiger partial charge on any atom is -0.398 e. The molecule has 1 aromatic carbocycles. The number of benzene rings is 1. The highest BCUT2D eigenvalue weighted by molar-refractivity contribution is 8.14. The number of carbonyl (C=O) groups is 1. The molecule has 0 spiro atoms. The zero-order chi connectivity index (χ0) is 9.68. The van der Waals surface area contributed by atoms with Crippen molar-refractivity contribution in [1.82, 2.24) is 0 Å². The van der Waals surface area contributed by atoms with Gasteiger partial charge in [0, 0.05) is 11.4 Å². The zero-order valence-electron chi connectivity index (χ0n) is 7.19. The standard InChI is InChI=1S/C10H11NOS/c1-2-7-13-10(12)8-5-3-4-6-9(8)11/h2-6H,1,7,11H2. The van der Waals surface area contributed by atoms with Gasteiger partial charge in [0.2, 0.25) is 5.12 Å². The van der Waals surface area contributed by atoms with Crippen LogP contribution in [0.5, 0.6) is 0 Å². The van der Waals surface area contributed by atoms with Crippen LogP contribution in [0, 0.1) is 0 Å². The molecular formula is C10H11NOS. The summed E-state index contributed by atoms with van der Waals surface area (Å²) in [6.07, 6.45) is 1.70. The Hall–Kier alpha value is -1.22. The van der Waals surface area contributed by atoms with Crippen molar-refractivity contribution in [3.05, 3.63) is 42.5 Å². The topological polar surface area (TPSA) is 43.1 Å². The monoisotopic (exact) mass is 193 g/mol. The second kappa shape index (κ2) is 4.72. The Bertz CT molecular complexity index is 322. The van der Waals surface area contributed by atoms with Crippen molar-refractivity contribution >= 4 is 22.6 Å². The summed E-state index contributed by atoms with van der Waals surface area (Å²) in [5.41, 5.74) is 6.74. The van der Waals surface area contributed by atoms with Crippen LogP contribution in [0.2, 0.25) is 0 Å². The van der Waals surface area contributed by atoms with E-state index in [-0.39, 0.29) is 5.12 Å². The third kappa shape index (κ3) is 2.63. The summed E-state index contributed by atoms with van der Waals surface area (Å²) in [6, 6.07) is 7.07. The van der Waals surface area contributed by atoms with Crippen LogP contribution in [-0.4, -0.2) is 10.9 Å². The van der Waals surface area contributed by atoms with E-state index < -0.39 is 0 Å². The lowest BCUT2D eigenvalue weighted by Gasteiger charge is -2.01. The van der Waals surface area contributed by atoms with Gasteiger partial charge >= 0.3 is 0 Å². The average Bonchev–Trinajstić information content (AvgIpc) is 2.15. The van der Waals surface area contributed by atoms with Gasteiger partial charge in [-0.25, -0.2) is 0 Å². The van der Waals surface area contributed by atoms with Crippen molar-refractivity contribution in [3.8, 4) is 0 Å². The van der Waals surface area contributed by atoms with Gasteiger partial charge in [-0.2, -0.15) is 0 Å². The Morgan fingerprint density at radius 2 is 2.23 bits per heavy atom. The molecule has 0 atom stereocenters. The molecule has 0 aliphatic carbocycles. The van der Waals surface area contributed by atoms with Gasteiger partial charge in [-0.05, 0) is 12.1 Å². The van der Waals surface area contributed by atoms with Crippen LogP contribution in [0.1, 0.15) is 10.4 Å². The van der Waals surface area contributed by atoms with Gasteiger partial charge in [0.25, 0.3) is 0 Å². The molecule has 0 radical (unpaired) electrons. The first kappa shape index (κ1) is 9.86. The molecule has 0 saturated carbocycles. The van der Waals surface area contributed by atoms with E-state index in [1.807, 2.05) is 6.07 Å². The molecule has 0 saturated heterocycles. The maximum absolute atomic E-state index is 11.5. The number of nitrogens with two attached hydrogens (primary N) is 1. The van der Waals surface area contributed by atoms with E-state index >= 15 is 0 Å². The number of hydrogen-bond donors (Lipinski definition) is 1. The van der Waals surface area contributed by atoms with E-state index in [2.05, 4.69) is 6.58 Å². The number of para-hydroxylation sites is 1. The number of anilines is 1. The van der Waals surface area contributed by atoms with Gasteiger partial charge in [0.1, 0.15) is 0 Å². The van der Waals surface area contributed by atoms with Crippen LogP contribution in [0.15, 0.2) is 36.9 Å². The lowest BCUT2D eigenvalue weighted by atomic mass is 10.2. The number of carbonyl (C=O) groups excluding carboxylic acids is 1. The smallest absolute Gasteiger partial charge is 0.221 e. The molecule has 0 aromatic heterocycles. The van der Waals surface area contributed by atoms with Crippen LogP contribution in [0.25, 0.3) is 0 Å². The van der Waals surface area contributed by atoms with Gasteiger partial charge in [-0.3, -0.25) is 4.79 Å². The normalized spacial score (nSPS) is 9.54.